The van der Waals surface area contributed by atoms with E-state index in [0.717, 1.165) is 5.56 Å². The maximum atomic E-state index is 12.5. The van der Waals surface area contributed by atoms with Crippen LogP contribution in [0.5, 0.6) is 5.75 Å². The van der Waals surface area contributed by atoms with Gasteiger partial charge in [0.1, 0.15) is 23.9 Å². The summed E-state index contributed by atoms with van der Waals surface area (Å²) in [5.41, 5.74) is 6.63. The highest BCUT2D eigenvalue weighted by atomic mass is 32.1. The fourth-order valence-corrected chi connectivity index (χ4v) is 2.88. The molecule has 0 radical (unpaired) electrons. The number of amides is 3. The molecule has 0 aliphatic rings. The minimum Gasteiger partial charge on any atom is -0.508 e. The molecule has 7 N–H and O–H groups in total. The zero-order valence-corrected chi connectivity index (χ0v) is 18.6. The van der Waals surface area contributed by atoms with Crippen LogP contribution in [0.15, 0.2) is 24.3 Å². The Bertz CT molecular complexity index is 786. The molecule has 0 aliphatic carbocycles. The van der Waals surface area contributed by atoms with Gasteiger partial charge in [0, 0.05) is 5.75 Å². The smallest absolute Gasteiger partial charge is 0.326 e. The number of benzene rings is 1. The van der Waals surface area contributed by atoms with Crippen molar-refractivity contribution in [2.24, 2.45) is 11.7 Å². The number of carboxylic acid groups (broad SMARTS) is 1. The highest BCUT2D eigenvalue weighted by Crippen LogP contribution is 2.11. The van der Waals surface area contributed by atoms with Gasteiger partial charge >= 0.3 is 5.97 Å². The molecule has 0 aromatic heterocycles. The second kappa shape index (κ2) is 12.2. The van der Waals surface area contributed by atoms with Gasteiger partial charge in [-0.1, -0.05) is 26.0 Å². The van der Waals surface area contributed by atoms with Crippen molar-refractivity contribution in [2.45, 2.75) is 51.4 Å². The Hall–Kier alpha value is -2.79. The van der Waals surface area contributed by atoms with Crippen LogP contribution in [-0.4, -0.2) is 63.8 Å². The Morgan fingerprint density at radius 3 is 2.03 bits per heavy atom. The molecule has 1 aromatic rings. The van der Waals surface area contributed by atoms with E-state index in [1.165, 1.54) is 19.1 Å². The molecular formula is C20H30N4O6S. The molecular weight excluding hydrogens is 424 g/mol. The Labute approximate surface area is 186 Å². The number of carboxylic acids is 1. The lowest BCUT2D eigenvalue weighted by Gasteiger charge is -2.23. The number of hydrogen-bond acceptors (Lipinski definition) is 7. The van der Waals surface area contributed by atoms with Crippen molar-refractivity contribution in [3.63, 3.8) is 0 Å². The molecule has 11 heteroatoms. The largest absolute Gasteiger partial charge is 0.508 e. The minimum absolute atomic E-state index is 0.0401. The standard InChI is InChI=1S/C20H30N4O6S/c1-10(2)16(20(29)30)24-17(26)11(3)22-19(28)15(9-31)23-18(27)14(21)8-12-4-6-13(25)7-5-12/h4-7,10-11,14-16,25,31H,8-9,21H2,1-3H3,(H,22,28)(H,23,27)(H,24,26)(H,29,30). The Morgan fingerprint density at radius 1 is 0.968 bits per heavy atom. The highest BCUT2D eigenvalue weighted by Gasteiger charge is 2.28. The topological polar surface area (TPSA) is 171 Å². The number of carbonyl (C=O) groups is 4. The lowest BCUT2D eigenvalue weighted by Crippen LogP contribution is -2.57. The fourth-order valence-electron chi connectivity index (χ4n) is 2.62. The second-order valence-electron chi connectivity index (χ2n) is 7.52. The molecule has 1 rings (SSSR count). The van der Waals surface area contributed by atoms with E-state index in [1.807, 2.05) is 0 Å². The Kier molecular flexibility index (Phi) is 10.3. The molecule has 1 aromatic carbocycles. The summed E-state index contributed by atoms with van der Waals surface area (Å²) in [6, 6.07) is 2.11. The first-order valence-corrected chi connectivity index (χ1v) is 10.4. The van der Waals surface area contributed by atoms with Crippen LogP contribution in [0.25, 0.3) is 0 Å². The number of nitrogens with one attached hydrogen (secondary N) is 3. The van der Waals surface area contributed by atoms with E-state index in [1.54, 1.807) is 26.0 Å². The summed E-state index contributed by atoms with van der Waals surface area (Å²) in [7, 11) is 0. The summed E-state index contributed by atoms with van der Waals surface area (Å²) in [6.07, 6.45) is 0.192. The minimum atomic E-state index is -1.18. The van der Waals surface area contributed by atoms with Crippen molar-refractivity contribution in [3.05, 3.63) is 29.8 Å². The molecule has 4 unspecified atom stereocenters. The third kappa shape index (κ3) is 8.46. The van der Waals surface area contributed by atoms with Gasteiger partial charge in [0.15, 0.2) is 0 Å². The first kappa shape index (κ1) is 26.2. The average molecular weight is 455 g/mol. The van der Waals surface area contributed by atoms with Crippen LogP contribution in [0.3, 0.4) is 0 Å². The van der Waals surface area contributed by atoms with Crippen molar-refractivity contribution in [2.75, 3.05) is 5.75 Å². The van der Waals surface area contributed by atoms with Crippen LogP contribution in [0.4, 0.5) is 0 Å². The van der Waals surface area contributed by atoms with Crippen molar-refractivity contribution >= 4 is 36.3 Å². The molecule has 4 atom stereocenters. The number of rotatable bonds is 11. The second-order valence-corrected chi connectivity index (χ2v) is 7.88. The molecule has 0 saturated carbocycles. The first-order chi connectivity index (χ1) is 14.5. The number of phenolic OH excluding ortho intramolecular Hbond substituents is 1. The van der Waals surface area contributed by atoms with E-state index in [0.29, 0.717) is 0 Å². The van der Waals surface area contributed by atoms with Crippen LogP contribution >= 0.6 is 12.6 Å². The predicted molar refractivity (Wildman–Crippen MR) is 118 cm³/mol. The average Bonchev–Trinajstić information content (AvgIpc) is 2.70. The molecule has 3 amide bonds. The SMILES string of the molecule is CC(NC(=O)C(CS)NC(=O)C(N)Cc1ccc(O)cc1)C(=O)NC(C(=O)O)C(C)C. The van der Waals surface area contributed by atoms with Gasteiger partial charge in [-0.2, -0.15) is 12.6 Å². The number of thiol groups is 1. The van der Waals surface area contributed by atoms with Crippen LogP contribution in [0, 0.1) is 5.92 Å². The highest BCUT2D eigenvalue weighted by molar-refractivity contribution is 7.80. The van der Waals surface area contributed by atoms with Gasteiger partial charge < -0.3 is 31.9 Å². The molecule has 0 saturated heterocycles. The van der Waals surface area contributed by atoms with E-state index >= 15 is 0 Å². The van der Waals surface area contributed by atoms with Crippen LogP contribution in [0.2, 0.25) is 0 Å². The van der Waals surface area contributed by atoms with E-state index < -0.39 is 47.9 Å². The molecule has 0 fully saturated rings. The molecule has 0 spiro atoms. The van der Waals surface area contributed by atoms with Crippen molar-refractivity contribution in [1.82, 2.24) is 16.0 Å². The van der Waals surface area contributed by atoms with Crippen LogP contribution in [0.1, 0.15) is 26.3 Å². The summed E-state index contributed by atoms with van der Waals surface area (Å²) < 4.78 is 0. The first-order valence-electron chi connectivity index (χ1n) is 9.74. The number of phenols is 1. The van der Waals surface area contributed by atoms with E-state index in [4.69, 9.17) is 10.8 Å². The molecule has 10 nitrogen and oxygen atoms in total. The van der Waals surface area contributed by atoms with Crippen LogP contribution in [-0.2, 0) is 25.6 Å². The van der Waals surface area contributed by atoms with E-state index in [9.17, 15) is 24.3 Å². The number of aliphatic carboxylic acids is 1. The zero-order chi connectivity index (χ0) is 23.7. The Balaban J connectivity index is 2.64. The summed E-state index contributed by atoms with van der Waals surface area (Å²) in [4.78, 5) is 48.3. The van der Waals surface area contributed by atoms with Gasteiger partial charge in [-0.15, -0.1) is 0 Å². The Morgan fingerprint density at radius 2 is 1.55 bits per heavy atom. The van der Waals surface area contributed by atoms with E-state index in [-0.39, 0.29) is 23.8 Å². The quantitative estimate of drug-likeness (QED) is 0.219. The predicted octanol–water partition coefficient (Wildman–Crippen LogP) is -0.593. The fraction of sp³-hybridized carbons (Fsp3) is 0.500. The normalized spacial score (nSPS) is 14.8. The third-order valence-corrected chi connectivity index (χ3v) is 4.89. The lowest BCUT2D eigenvalue weighted by atomic mass is 10.0. The maximum absolute atomic E-state index is 12.5. The summed E-state index contributed by atoms with van der Waals surface area (Å²) in [5.74, 6) is -3.36. The maximum Gasteiger partial charge on any atom is 0.326 e. The van der Waals surface area contributed by atoms with Gasteiger partial charge in [-0.05, 0) is 37.0 Å². The number of hydrogen-bond donors (Lipinski definition) is 7. The van der Waals surface area contributed by atoms with Gasteiger partial charge in [0.25, 0.3) is 0 Å². The van der Waals surface area contributed by atoms with Crippen molar-refractivity contribution < 1.29 is 29.4 Å². The molecule has 0 heterocycles. The summed E-state index contributed by atoms with van der Waals surface area (Å²) in [5, 5.41) is 25.8. The van der Waals surface area contributed by atoms with Crippen molar-refractivity contribution in [3.8, 4) is 5.75 Å². The van der Waals surface area contributed by atoms with Crippen LogP contribution < -0.4 is 21.7 Å². The number of carbonyl (C=O) groups excluding carboxylic acids is 3. The summed E-state index contributed by atoms with van der Waals surface area (Å²) >= 11 is 4.07. The summed E-state index contributed by atoms with van der Waals surface area (Å²) in [6.45, 7) is 4.70. The zero-order valence-electron chi connectivity index (χ0n) is 17.7. The molecule has 0 bridgehead atoms. The molecule has 31 heavy (non-hydrogen) atoms. The third-order valence-electron chi connectivity index (χ3n) is 4.53. The van der Waals surface area contributed by atoms with Gasteiger partial charge in [-0.25, -0.2) is 4.79 Å². The molecule has 172 valence electrons. The van der Waals surface area contributed by atoms with Crippen molar-refractivity contribution in [1.29, 1.82) is 0 Å². The van der Waals surface area contributed by atoms with E-state index in [2.05, 4.69) is 28.6 Å². The molecule has 0 aliphatic heterocycles. The monoisotopic (exact) mass is 454 g/mol. The van der Waals surface area contributed by atoms with Gasteiger partial charge in [-0.3, -0.25) is 14.4 Å². The number of aromatic hydroxyl groups is 1. The van der Waals surface area contributed by atoms with Gasteiger partial charge in [0.05, 0.1) is 6.04 Å². The lowest BCUT2D eigenvalue weighted by molar-refractivity contribution is -0.143. The number of nitrogens with two attached hydrogens (primary N) is 1. The van der Waals surface area contributed by atoms with Gasteiger partial charge in [0.2, 0.25) is 17.7 Å².